The Morgan fingerprint density at radius 3 is 2.78 bits per heavy atom. The van der Waals surface area contributed by atoms with Gasteiger partial charge in [0.2, 0.25) is 0 Å². The van der Waals surface area contributed by atoms with E-state index < -0.39 is 0 Å². The van der Waals surface area contributed by atoms with Crippen molar-refractivity contribution in [3.8, 4) is 0 Å². The quantitative estimate of drug-likeness (QED) is 0.860. The van der Waals surface area contributed by atoms with E-state index in [1.54, 1.807) is 21.8 Å². The van der Waals surface area contributed by atoms with Gasteiger partial charge in [-0.1, -0.05) is 0 Å². The molecule has 2 aromatic rings. The highest BCUT2D eigenvalue weighted by Crippen LogP contribution is 2.34. The van der Waals surface area contributed by atoms with Crippen LogP contribution in [0.5, 0.6) is 0 Å². The standard InChI is InChI=1S/C14H16BrNS2/c15-14-6-5-10(17-14)8-11(16)13-7-9-3-1-2-4-12(9)18-13/h5-7,11H,1-4,8,16H2. The molecule has 0 fully saturated rings. The predicted octanol–water partition coefficient (Wildman–Crippen LogP) is 4.69. The summed E-state index contributed by atoms with van der Waals surface area (Å²) in [5.74, 6) is 0. The Morgan fingerprint density at radius 2 is 2.06 bits per heavy atom. The van der Waals surface area contributed by atoms with Gasteiger partial charge < -0.3 is 5.73 Å². The molecule has 18 heavy (non-hydrogen) atoms. The van der Waals surface area contributed by atoms with Crippen molar-refractivity contribution >= 4 is 38.6 Å². The highest BCUT2D eigenvalue weighted by molar-refractivity contribution is 9.11. The topological polar surface area (TPSA) is 26.0 Å². The van der Waals surface area contributed by atoms with Crippen LogP contribution in [0.15, 0.2) is 22.0 Å². The summed E-state index contributed by atoms with van der Waals surface area (Å²) in [4.78, 5) is 4.31. The number of hydrogen-bond donors (Lipinski definition) is 1. The average Bonchev–Trinajstić information content (AvgIpc) is 2.95. The Hall–Kier alpha value is -0.160. The van der Waals surface area contributed by atoms with E-state index in [9.17, 15) is 0 Å². The molecule has 1 aliphatic rings. The van der Waals surface area contributed by atoms with Crippen molar-refractivity contribution in [1.29, 1.82) is 0 Å². The van der Waals surface area contributed by atoms with Crippen molar-refractivity contribution in [2.24, 2.45) is 5.73 Å². The first-order chi connectivity index (χ1) is 8.72. The van der Waals surface area contributed by atoms with Gasteiger partial charge in [0.25, 0.3) is 0 Å². The smallest absolute Gasteiger partial charge is 0.0701 e. The van der Waals surface area contributed by atoms with Crippen LogP contribution in [0.3, 0.4) is 0 Å². The molecular formula is C14H16BrNS2. The second-order valence-corrected chi connectivity index (χ2v) is 8.54. The van der Waals surface area contributed by atoms with Gasteiger partial charge in [0.05, 0.1) is 3.79 Å². The van der Waals surface area contributed by atoms with Gasteiger partial charge in [0.15, 0.2) is 0 Å². The fourth-order valence-corrected chi connectivity index (χ4v) is 5.28. The van der Waals surface area contributed by atoms with Crippen LogP contribution in [0.2, 0.25) is 0 Å². The largest absolute Gasteiger partial charge is 0.323 e. The molecule has 2 aromatic heterocycles. The molecule has 2 N–H and O–H groups in total. The number of hydrogen-bond acceptors (Lipinski definition) is 3. The number of fused-ring (bicyclic) bond motifs is 1. The van der Waals surface area contributed by atoms with E-state index in [0.29, 0.717) is 0 Å². The van der Waals surface area contributed by atoms with Crippen LogP contribution in [0.1, 0.15) is 39.1 Å². The molecule has 0 saturated carbocycles. The summed E-state index contributed by atoms with van der Waals surface area (Å²) in [6.07, 6.45) is 6.16. The fraction of sp³-hybridized carbons (Fsp3) is 0.429. The first-order valence-corrected chi connectivity index (χ1v) is 8.76. The molecule has 1 aliphatic carbocycles. The fourth-order valence-electron chi connectivity index (χ4n) is 2.48. The van der Waals surface area contributed by atoms with E-state index in [1.165, 1.54) is 39.2 Å². The van der Waals surface area contributed by atoms with E-state index in [1.807, 2.05) is 11.3 Å². The van der Waals surface area contributed by atoms with Gasteiger partial charge in [-0.05, 0) is 65.4 Å². The zero-order valence-corrected chi connectivity index (χ0v) is 13.3. The zero-order valence-electron chi connectivity index (χ0n) is 10.1. The minimum atomic E-state index is 0.158. The summed E-state index contributed by atoms with van der Waals surface area (Å²) in [7, 11) is 0. The molecule has 1 unspecified atom stereocenters. The van der Waals surface area contributed by atoms with Crippen LogP contribution >= 0.6 is 38.6 Å². The SMILES string of the molecule is NC(Cc1ccc(Br)s1)c1cc2c(s1)CCCC2. The second-order valence-electron chi connectivity index (χ2n) is 4.82. The summed E-state index contributed by atoms with van der Waals surface area (Å²) >= 11 is 7.23. The minimum Gasteiger partial charge on any atom is -0.323 e. The molecule has 2 heterocycles. The Labute approximate surface area is 124 Å². The summed E-state index contributed by atoms with van der Waals surface area (Å²) in [6.45, 7) is 0. The summed E-state index contributed by atoms with van der Waals surface area (Å²) in [6, 6.07) is 6.78. The van der Waals surface area contributed by atoms with Crippen molar-refractivity contribution in [3.63, 3.8) is 0 Å². The molecule has 0 aliphatic heterocycles. The summed E-state index contributed by atoms with van der Waals surface area (Å²) in [5, 5.41) is 0. The lowest BCUT2D eigenvalue weighted by Gasteiger charge is -2.08. The van der Waals surface area contributed by atoms with Gasteiger partial charge in [-0.2, -0.15) is 0 Å². The molecule has 1 atom stereocenters. The predicted molar refractivity (Wildman–Crippen MR) is 83.6 cm³/mol. The van der Waals surface area contributed by atoms with Crippen LogP contribution in [0.25, 0.3) is 0 Å². The van der Waals surface area contributed by atoms with Crippen LogP contribution < -0.4 is 5.73 Å². The highest BCUT2D eigenvalue weighted by Gasteiger charge is 2.17. The summed E-state index contributed by atoms with van der Waals surface area (Å²) in [5.41, 5.74) is 7.91. The lowest BCUT2D eigenvalue weighted by atomic mass is 9.98. The molecule has 0 bridgehead atoms. The number of aryl methyl sites for hydroxylation is 2. The first-order valence-electron chi connectivity index (χ1n) is 6.33. The molecule has 0 spiro atoms. The van der Waals surface area contributed by atoms with E-state index in [2.05, 4.69) is 34.1 Å². The molecular weight excluding hydrogens is 326 g/mol. The molecule has 0 saturated heterocycles. The normalized spacial score (nSPS) is 16.6. The maximum atomic E-state index is 6.35. The van der Waals surface area contributed by atoms with Crippen molar-refractivity contribution < 1.29 is 0 Å². The summed E-state index contributed by atoms with van der Waals surface area (Å²) < 4.78 is 1.19. The van der Waals surface area contributed by atoms with Gasteiger partial charge in [0, 0.05) is 27.1 Å². The van der Waals surface area contributed by atoms with E-state index >= 15 is 0 Å². The van der Waals surface area contributed by atoms with Crippen LogP contribution in [-0.4, -0.2) is 0 Å². The number of thiophene rings is 2. The Kier molecular flexibility index (Phi) is 3.89. The lowest BCUT2D eigenvalue weighted by Crippen LogP contribution is -2.10. The maximum absolute atomic E-state index is 6.35. The van der Waals surface area contributed by atoms with Crippen LogP contribution in [0.4, 0.5) is 0 Å². The highest BCUT2D eigenvalue weighted by atomic mass is 79.9. The van der Waals surface area contributed by atoms with Gasteiger partial charge in [0.1, 0.15) is 0 Å². The first kappa shape index (κ1) is 12.9. The van der Waals surface area contributed by atoms with Crippen LogP contribution in [-0.2, 0) is 19.3 Å². The minimum absolute atomic E-state index is 0.158. The molecule has 96 valence electrons. The van der Waals surface area contributed by atoms with Crippen molar-refractivity contribution in [3.05, 3.63) is 42.2 Å². The molecule has 1 nitrogen and oxygen atoms in total. The van der Waals surface area contributed by atoms with E-state index in [-0.39, 0.29) is 6.04 Å². The van der Waals surface area contributed by atoms with Gasteiger partial charge >= 0.3 is 0 Å². The zero-order chi connectivity index (χ0) is 12.5. The van der Waals surface area contributed by atoms with Crippen LogP contribution in [0, 0.1) is 0 Å². The monoisotopic (exact) mass is 341 g/mol. The van der Waals surface area contributed by atoms with Crippen molar-refractivity contribution in [1.82, 2.24) is 0 Å². The van der Waals surface area contributed by atoms with E-state index in [0.717, 1.165) is 6.42 Å². The number of rotatable bonds is 3. The third kappa shape index (κ3) is 2.72. The Balaban J connectivity index is 1.75. The molecule has 3 rings (SSSR count). The number of nitrogens with two attached hydrogens (primary N) is 1. The van der Waals surface area contributed by atoms with E-state index in [4.69, 9.17) is 5.73 Å². The lowest BCUT2D eigenvalue weighted by molar-refractivity contribution is 0.695. The third-order valence-corrected chi connectivity index (χ3v) is 6.45. The van der Waals surface area contributed by atoms with Gasteiger partial charge in [-0.3, -0.25) is 0 Å². The maximum Gasteiger partial charge on any atom is 0.0701 e. The molecule has 4 heteroatoms. The Bertz CT molecular complexity index is 520. The van der Waals surface area contributed by atoms with Crippen molar-refractivity contribution in [2.45, 2.75) is 38.1 Å². The van der Waals surface area contributed by atoms with Gasteiger partial charge in [-0.25, -0.2) is 0 Å². The van der Waals surface area contributed by atoms with Crippen molar-refractivity contribution in [2.75, 3.05) is 0 Å². The molecule has 0 aromatic carbocycles. The third-order valence-electron chi connectivity index (χ3n) is 3.43. The van der Waals surface area contributed by atoms with Gasteiger partial charge in [-0.15, -0.1) is 22.7 Å². The Morgan fingerprint density at radius 1 is 1.22 bits per heavy atom. The average molecular weight is 342 g/mol. The second kappa shape index (κ2) is 5.45. The molecule has 0 amide bonds. The molecule has 0 radical (unpaired) electrons. The number of halogens is 1.